The molecule has 1 aromatic rings. The van der Waals surface area contributed by atoms with E-state index in [9.17, 15) is 18.0 Å². The first-order valence-electron chi connectivity index (χ1n) is 6.75. The average molecular weight is 284 g/mol. The van der Waals surface area contributed by atoms with Crippen LogP contribution in [0, 0.1) is 17.5 Å². The fourth-order valence-electron chi connectivity index (χ4n) is 2.99. The lowest BCUT2D eigenvalue weighted by Gasteiger charge is -2.24. The van der Waals surface area contributed by atoms with E-state index in [1.54, 1.807) is 0 Å². The Morgan fingerprint density at radius 1 is 1.10 bits per heavy atom. The van der Waals surface area contributed by atoms with Crippen molar-refractivity contribution in [2.45, 2.75) is 31.3 Å². The number of likely N-dealkylation sites (tertiary alicyclic amines) is 1. The summed E-state index contributed by atoms with van der Waals surface area (Å²) >= 11 is 0. The van der Waals surface area contributed by atoms with Crippen LogP contribution in [0.4, 0.5) is 13.2 Å². The molecule has 1 N–H and O–H groups in total. The zero-order valence-electron chi connectivity index (χ0n) is 10.8. The van der Waals surface area contributed by atoms with Crippen LogP contribution in [-0.4, -0.2) is 36.0 Å². The molecule has 2 saturated heterocycles. The number of benzene rings is 1. The van der Waals surface area contributed by atoms with Crippen molar-refractivity contribution < 1.29 is 18.0 Å². The van der Waals surface area contributed by atoms with Crippen LogP contribution in [0.2, 0.25) is 0 Å². The lowest BCUT2D eigenvalue weighted by atomic mass is 10.1. The van der Waals surface area contributed by atoms with Gasteiger partial charge >= 0.3 is 0 Å². The van der Waals surface area contributed by atoms with Crippen LogP contribution < -0.4 is 5.32 Å². The topological polar surface area (TPSA) is 32.3 Å². The Kier molecular flexibility index (Phi) is 3.41. The summed E-state index contributed by atoms with van der Waals surface area (Å²) in [6.45, 7) is 0.985. The Hall–Kier alpha value is -1.56. The van der Waals surface area contributed by atoms with Gasteiger partial charge in [0, 0.05) is 25.2 Å². The highest BCUT2D eigenvalue weighted by Gasteiger charge is 2.32. The van der Waals surface area contributed by atoms with Gasteiger partial charge in [-0.2, -0.15) is 0 Å². The molecular weight excluding hydrogens is 269 g/mol. The predicted molar refractivity (Wildman–Crippen MR) is 66.8 cm³/mol. The lowest BCUT2D eigenvalue weighted by Crippen LogP contribution is -2.39. The van der Waals surface area contributed by atoms with Crippen molar-refractivity contribution in [1.82, 2.24) is 10.2 Å². The summed E-state index contributed by atoms with van der Waals surface area (Å²) < 4.78 is 39.8. The molecule has 2 atom stereocenters. The first-order valence-corrected chi connectivity index (χ1v) is 6.75. The molecule has 2 bridgehead atoms. The minimum atomic E-state index is -1.59. The van der Waals surface area contributed by atoms with E-state index < -0.39 is 28.9 Å². The molecule has 0 radical (unpaired) electrons. The first-order chi connectivity index (χ1) is 9.56. The number of hydrogen-bond donors (Lipinski definition) is 1. The van der Waals surface area contributed by atoms with E-state index in [1.807, 2.05) is 0 Å². The minimum Gasteiger partial charge on any atom is -0.337 e. The summed E-state index contributed by atoms with van der Waals surface area (Å²) in [6.07, 6.45) is 2.87. The van der Waals surface area contributed by atoms with Gasteiger partial charge in [0.15, 0.2) is 17.5 Å². The summed E-state index contributed by atoms with van der Waals surface area (Å²) in [5.41, 5.74) is -0.401. The average Bonchev–Trinajstić information content (AvgIpc) is 2.75. The Morgan fingerprint density at radius 2 is 1.85 bits per heavy atom. The van der Waals surface area contributed by atoms with Gasteiger partial charge < -0.3 is 10.2 Å². The highest BCUT2D eigenvalue weighted by atomic mass is 19.2. The van der Waals surface area contributed by atoms with Gasteiger partial charge in [-0.3, -0.25) is 4.79 Å². The maximum Gasteiger partial charge on any atom is 0.256 e. The molecule has 3 nitrogen and oxygen atoms in total. The highest BCUT2D eigenvalue weighted by Crippen LogP contribution is 2.23. The largest absolute Gasteiger partial charge is 0.337 e. The van der Waals surface area contributed by atoms with E-state index in [0.717, 1.165) is 31.4 Å². The molecule has 2 heterocycles. The fourth-order valence-corrected chi connectivity index (χ4v) is 2.99. The molecular formula is C14H15F3N2O. The van der Waals surface area contributed by atoms with Crippen molar-refractivity contribution in [3.8, 4) is 0 Å². The molecule has 1 aromatic carbocycles. The third-order valence-corrected chi connectivity index (χ3v) is 4.08. The fraction of sp³-hybridized carbons (Fsp3) is 0.500. The van der Waals surface area contributed by atoms with E-state index in [0.29, 0.717) is 19.1 Å². The molecule has 2 fully saturated rings. The summed E-state index contributed by atoms with van der Waals surface area (Å²) in [7, 11) is 0. The molecule has 2 unspecified atom stereocenters. The van der Waals surface area contributed by atoms with Gasteiger partial charge in [0.05, 0.1) is 5.56 Å². The summed E-state index contributed by atoms with van der Waals surface area (Å²) in [6, 6.07) is 2.40. The van der Waals surface area contributed by atoms with E-state index in [4.69, 9.17) is 0 Å². The second-order valence-corrected chi connectivity index (χ2v) is 5.40. The third kappa shape index (κ3) is 2.28. The molecule has 20 heavy (non-hydrogen) atoms. The molecule has 0 aromatic heterocycles. The molecule has 0 aliphatic carbocycles. The van der Waals surface area contributed by atoms with Crippen LogP contribution in [-0.2, 0) is 0 Å². The van der Waals surface area contributed by atoms with E-state index in [-0.39, 0.29) is 6.04 Å². The Morgan fingerprint density at radius 3 is 2.65 bits per heavy atom. The standard InChI is InChI=1S/C14H15F3N2O/c15-11-4-3-10(12(16)13(11)17)14(20)19-6-5-8-1-2-9(7-19)18-8/h3-4,8-9,18H,1-2,5-7H2. The molecule has 1 amide bonds. The minimum absolute atomic E-state index is 0.208. The van der Waals surface area contributed by atoms with Crippen LogP contribution in [0.1, 0.15) is 29.6 Å². The number of fused-ring (bicyclic) bond motifs is 2. The number of nitrogens with zero attached hydrogens (tertiary/aromatic N) is 1. The number of rotatable bonds is 1. The van der Waals surface area contributed by atoms with Crippen molar-refractivity contribution in [3.63, 3.8) is 0 Å². The molecule has 3 rings (SSSR count). The second kappa shape index (κ2) is 5.09. The van der Waals surface area contributed by atoms with Crippen molar-refractivity contribution in [1.29, 1.82) is 0 Å². The van der Waals surface area contributed by atoms with Gasteiger partial charge in [-0.15, -0.1) is 0 Å². The number of amides is 1. The maximum atomic E-state index is 13.7. The normalized spacial score (nSPS) is 25.6. The lowest BCUT2D eigenvalue weighted by molar-refractivity contribution is 0.0742. The van der Waals surface area contributed by atoms with E-state index in [2.05, 4.69) is 5.32 Å². The van der Waals surface area contributed by atoms with Crippen LogP contribution in [0.5, 0.6) is 0 Å². The Bertz CT molecular complexity index is 549. The monoisotopic (exact) mass is 284 g/mol. The molecule has 2 aliphatic rings. The molecule has 108 valence electrons. The van der Waals surface area contributed by atoms with Crippen LogP contribution >= 0.6 is 0 Å². The van der Waals surface area contributed by atoms with Gasteiger partial charge in [0.1, 0.15) is 0 Å². The smallest absolute Gasteiger partial charge is 0.256 e. The van der Waals surface area contributed by atoms with Gasteiger partial charge in [-0.25, -0.2) is 13.2 Å². The van der Waals surface area contributed by atoms with Crippen molar-refractivity contribution in [2.75, 3.05) is 13.1 Å². The number of carbonyl (C=O) groups is 1. The van der Waals surface area contributed by atoms with Crippen molar-refractivity contribution in [2.24, 2.45) is 0 Å². The SMILES string of the molecule is O=C(c1ccc(F)c(F)c1F)N1CCC2CCC(C1)N2. The van der Waals surface area contributed by atoms with Crippen molar-refractivity contribution >= 4 is 5.91 Å². The zero-order chi connectivity index (χ0) is 14.3. The maximum absolute atomic E-state index is 13.7. The summed E-state index contributed by atoms with van der Waals surface area (Å²) in [4.78, 5) is 13.8. The first kappa shape index (κ1) is 13.4. The predicted octanol–water partition coefficient (Wildman–Crippen LogP) is 2.07. The van der Waals surface area contributed by atoms with Crippen LogP contribution in [0.25, 0.3) is 0 Å². The summed E-state index contributed by atoms with van der Waals surface area (Å²) in [5, 5.41) is 3.40. The molecule has 2 aliphatic heterocycles. The zero-order valence-corrected chi connectivity index (χ0v) is 10.8. The second-order valence-electron chi connectivity index (χ2n) is 5.40. The number of nitrogens with one attached hydrogen (secondary N) is 1. The highest BCUT2D eigenvalue weighted by molar-refractivity contribution is 5.94. The van der Waals surface area contributed by atoms with Gasteiger partial charge in [0.25, 0.3) is 5.91 Å². The molecule has 0 saturated carbocycles. The molecule has 0 spiro atoms. The number of halogens is 3. The van der Waals surface area contributed by atoms with Crippen LogP contribution in [0.15, 0.2) is 12.1 Å². The van der Waals surface area contributed by atoms with Gasteiger partial charge in [-0.05, 0) is 31.4 Å². The third-order valence-electron chi connectivity index (χ3n) is 4.08. The number of hydrogen-bond acceptors (Lipinski definition) is 2. The van der Waals surface area contributed by atoms with Gasteiger partial charge in [-0.1, -0.05) is 0 Å². The quantitative estimate of drug-likeness (QED) is 0.801. The summed E-state index contributed by atoms with van der Waals surface area (Å²) in [5.74, 6) is -4.85. The Labute approximate surface area is 114 Å². The van der Waals surface area contributed by atoms with Gasteiger partial charge in [0.2, 0.25) is 0 Å². The van der Waals surface area contributed by atoms with Crippen LogP contribution in [0.3, 0.4) is 0 Å². The molecule has 6 heteroatoms. The van der Waals surface area contributed by atoms with E-state index >= 15 is 0 Å². The van der Waals surface area contributed by atoms with E-state index in [1.165, 1.54) is 4.90 Å². The number of carbonyl (C=O) groups excluding carboxylic acids is 1. The Balaban J connectivity index is 1.84. The van der Waals surface area contributed by atoms with Crippen molar-refractivity contribution in [3.05, 3.63) is 35.1 Å².